The Kier molecular flexibility index (Phi) is 2.57. The van der Waals surface area contributed by atoms with Gasteiger partial charge in [-0.05, 0) is 22.0 Å². The maximum absolute atomic E-state index is 10.4. The summed E-state index contributed by atoms with van der Waals surface area (Å²) in [6.07, 6.45) is 0.896. The Labute approximate surface area is 80.5 Å². The lowest BCUT2D eigenvalue weighted by Gasteiger charge is -1.95. The summed E-state index contributed by atoms with van der Waals surface area (Å²) in [6.45, 7) is 0. The van der Waals surface area contributed by atoms with Crippen molar-refractivity contribution in [2.45, 2.75) is 0 Å². The monoisotopic (exact) mass is 246 g/mol. The normalized spacial score (nSPS) is 9.62. The van der Waals surface area contributed by atoms with E-state index in [1.165, 1.54) is 0 Å². The number of hydrogen-bond donors (Lipinski definition) is 1. The minimum absolute atomic E-state index is 0.102. The Morgan fingerprint density at radius 1 is 1.69 bits per heavy atom. The van der Waals surface area contributed by atoms with Crippen LogP contribution < -0.4 is 0 Å². The maximum Gasteiger partial charge on any atom is 0.354 e. The Bertz CT molecular complexity index is 379. The number of hydrogen-bond acceptors (Lipinski definition) is 4. The lowest BCUT2D eigenvalue weighted by Crippen LogP contribution is -2.01. The molecule has 0 radical (unpaired) electrons. The molecule has 1 rings (SSSR count). The number of aromatic carboxylic acids is 1. The standard InChI is InChI=1S/C6H3BrN2O4/c7-3-1-4(6(10)11)8-2-5(3)9(12)13/h1-2H,(H,10,11). The van der Waals surface area contributed by atoms with Crippen molar-refractivity contribution in [3.63, 3.8) is 0 Å². The lowest BCUT2D eigenvalue weighted by molar-refractivity contribution is -0.386. The summed E-state index contributed by atoms with van der Waals surface area (Å²) in [5, 5.41) is 18.8. The maximum atomic E-state index is 10.4. The largest absolute Gasteiger partial charge is 0.477 e. The van der Waals surface area contributed by atoms with Crippen molar-refractivity contribution in [3.05, 3.63) is 32.5 Å². The molecule has 68 valence electrons. The average molecular weight is 247 g/mol. The number of nitro groups is 1. The molecule has 0 amide bonds. The zero-order chi connectivity index (χ0) is 10.0. The van der Waals surface area contributed by atoms with E-state index in [1.807, 2.05) is 0 Å². The van der Waals surface area contributed by atoms with E-state index in [2.05, 4.69) is 20.9 Å². The number of carboxylic acids is 1. The summed E-state index contributed by atoms with van der Waals surface area (Å²) >= 11 is 2.87. The lowest BCUT2D eigenvalue weighted by atomic mass is 10.3. The highest BCUT2D eigenvalue weighted by Gasteiger charge is 2.15. The van der Waals surface area contributed by atoms with Crippen LogP contribution in [0.2, 0.25) is 0 Å². The second-order valence-electron chi connectivity index (χ2n) is 2.08. The van der Waals surface area contributed by atoms with Gasteiger partial charge in [-0.3, -0.25) is 10.1 Å². The fourth-order valence-corrected chi connectivity index (χ4v) is 1.14. The predicted octanol–water partition coefficient (Wildman–Crippen LogP) is 1.45. The van der Waals surface area contributed by atoms with E-state index < -0.39 is 10.9 Å². The predicted molar refractivity (Wildman–Crippen MR) is 45.6 cm³/mol. The van der Waals surface area contributed by atoms with Crippen LogP contribution in [0.3, 0.4) is 0 Å². The molecule has 1 aromatic rings. The first-order valence-corrected chi connectivity index (χ1v) is 3.85. The molecule has 1 heterocycles. The number of pyridine rings is 1. The van der Waals surface area contributed by atoms with E-state index >= 15 is 0 Å². The number of carbonyl (C=O) groups is 1. The van der Waals surface area contributed by atoms with Gasteiger partial charge in [0.2, 0.25) is 0 Å². The molecule has 0 bridgehead atoms. The summed E-state index contributed by atoms with van der Waals surface area (Å²) < 4.78 is 0.102. The van der Waals surface area contributed by atoms with Crippen molar-refractivity contribution in [2.75, 3.05) is 0 Å². The Balaban J connectivity index is 3.20. The molecule has 1 aromatic heterocycles. The molecule has 0 aliphatic carbocycles. The summed E-state index contributed by atoms with van der Waals surface area (Å²) in [5.41, 5.74) is -0.498. The van der Waals surface area contributed by atoms with Crippen molar-refractivity contribution < 1.29 is 14.8 Å². The fourth-order valence-electron chi connectivity index (χ4n) is 0.675. The zero-order valence-electron chi connectivity index (χ0n) is 6.10. The second-order valence-corrected chi connectivity index (χ2v) is 2.94. The third kappa shape index (κ3) is 2.00. The van der Waals surface area contributed by atoms with Crippen molar-refractivity contribution in [1.82, 2.24) is 4.98 Å². The van der Waals surface area contributed by atoms with Crippen molar-refractivity contribution >= 4 is 27.6 Å². The number of nitrogens with zero attached hydrogens (tertiary/aromatic N) is 2. The highest BCUT2D eigenvalue weighted by atomic mass is 79.9. The van der Waals surface area contributed by atoms with E-state index in [-0.39, 0.29) is 15.9 Å². The summed E-state index contributed by atoms with van der Waals surface area (Å²) in [5.74, 6) is -1.23. The van der Waals surface area contributed by atoms with Crippen LogP contribution in [0, 0.1) is 10.1 Å². The zero-order valence-corrected chi connectivity index (χ0v) is 7.69. The van der Waals surface area contributed by atoms with Gasteiger partial charge in [-0.1, -0.05) is 0 Å². The van der Waals surface area contributed by atoms with Gasteiger partial charge in [-0.25, -0.2) is 9.78 Å². The van der Waals surface area contributed by atoms with Crippen molar-refractivity contribution in [1.29, 1.82) is 0 Å². The first kappa shape index (κ1) is 9.59. The first-order chi connectivity index (χ1) is 6.02. The minimum Gasteiger partial charge on any atom is -0.477 e. The van der Waals surface area contributed by atoms with Gasteiger partial charge >= 0.3 is 11.7 Å². The molecule has 0 aliphatic rings. The smallest absolute Gasteiger partial charge is 0.354 e. The molecule has 6 nitrogen and oxygen atoms in total. The van der Waals surface area contributed by atoms with Gasteiger partial charge in [-0.15, -0.1) is 0 Å². The van der Waals surface area contributed by atoms with Crippen LogP contribution in [-0.2, 0) is 0 Å². The summed E-state index contributed by atoms with van der Waals surface area (Å²) in [4.78, 5) is 23.4. The first-order valence-electron chi connectivity index (χ1n) is 3.05. The van der Waals surface area contributed by atoms with Crippen LogP contribution in [0.5, 0.6) is 0 Å². The van der Waals surface area contributed by atoms with Crippen molar-refractivity contribution in [3.8, 4) is 0 Å². The summed E-state index contributed by atoms with van der Waals surface area (Å²) in [7, 11) is 0. The molecule has 7 heteroatoms. The second kappa shape index (κ2) is 3.48. The number of halogens is 1. The van der Waals surface area contributed by atoms with Gasteiger partial charge < -0.3 is 5.11 Å². The SMILES string of the molecule is O=C(O)c1cc(Br)c([N+](=O)[O-])cn1. The van der Waals surface area contributed by atoms with Gasteiger partial charge in [-0.2, -0.15) is 0 Å². The molecule has 0 fully saturated rings. The topological polar surface area (TPSA) is 93.3 Å². The summed E-state index contributed by atoms with van der Waals surface area (Å²) in [6, 6.07) is 1.08. The van der Waals surface area contributed by atoms with Crippen molar-refractivity contribution in [2.24, 2.45) is 0 Å². The van der Waals surface area contributed by atoms with E-state index in [9.17, 15) is 14.9 Å². The number of rotatable bonds is 2. The molecule has 0 aliphatic heterocycles. The van der Waals surface area contributed by atoms with E-state index in [4.69, 9.17) is 5.11 Å². The van der Waals surface area contributed by atoms with Crippen LogP contribution in [0.15, 0.2) is 16.7 Å². The van der Waals surface area contributed by atoms with Gasteiger partial charge in [0.25, 0.3) is 0 Å². The molecular formula is C6H3BrN2O4. The average Bonchev–Trinajstić information content (AvgIpc) is 2.03. The number of aromatic nitrogens is 1. The molecule has 0 saturated heterocycles. The van der Waals surface area contributed by atoms with Gasteiger partial charge in [0, 0.05) is 0 Å². The van der Waals surface area contributed by atoms with Crippen LogP contribution >= 0.6 is 15.9 Å². The van der Waals surface area contributed by atoms with Gasteiger partial charge in [0.05, 0.1) is 9.40 Å². The van der Waals surface area contributed by atoms with E-state index in [0.29, 0.717) is 0 Å². The molecule has 13 heavy (non-hydrogen) atoms. The Morgan fingerprint density at radius 3 is 2.69 bits per heavy atom. The Morgan fingerprint density at radius 2 is 2.31 bits per heavy atom. The van der Waals surface area contributed by atoms with E-state index in [1.54, 1.807) is 0 Å². The van der Waals surface area contributed by atoms with E-state index in [0.717, 1.165) is 12.3 Å². The third-order valence-corrected chi connectivity index (χ3v) is 1.89. The fraction of sp³-hybridized carbons (Fsp3) is 0. The highest BCUT2D eigenvalue weighted by molar-refractivity contribution is 9.10. The van der Waals surface area contributed by atoms with Crippen LogP contribution in [0.25, 0.3) is 0 Å². The molecule has 0 unspecified atom stereocenters. The highest BCUT2D eigenvalue weighted by Crippen LogP contribution is 2.23. The van der Waals surface area contributed by atoms with Gasteiger partial charge in [0.15, 0.2) is 0 Å². The quantitative estimate of drug-likeness (QED) is 0.630. The van der Waals surface area contributed by atoms with Crippen LogP contribution in [0.1, 0.15) is 10.5 Å². The molecule has 0 saturated carbocycles. The Hall–Kier alpha value is -1.50. The molecule has 1 N–H and O–H groups in total. The van der Waals surface area contributed by atoms with Crippen LogP contribution in [-0.4, -0.2) is 21.0 Å². The third-order valence-electron chi connectivity index (χ3n) is 1.25. The van der Waals surface area contributed by atoms with Gasteiger partial charge in [0.1, 0.15) is 11.9 Å². The molecule has 0 atom stereocenters. The number of carboxylic acid groups (broad SMARTS) is 1. The molecular weight excluding hydrogens is 244 g/mol. The van der Waals surface area contributed by atoms with Crippen LogP contribution in [0.4, 0.5) is 5.69 Å². The molecule has 0 aromatic carbocycles. The molecule has 0 spiro atoms. The minimum atomic E-state index is -1.23.